The molecule has 1 aromatic carbocycles. The molecule has 146 valence electrons. The van der Waals surface area contributed by atoms with Gasteiger partial charge in [0.1, 0.15) is 5.82 Å². The van der Waals surface area contributed by atoms with Gasteiger partial charge < -0.3 is 20.3 Å². The van der Waals surface area contributed by atoms with Gasteiger partial charge >= 0.3 is 0 Å². The van der Waals surface area contributed by atoms with Gasteiger partial charge in [-0.15, -0.1) is 0 Å². The van der Waals surface area contributed by atoms with Crippen molar-refractivity contribution in [2.45, 2.75) is 56.7 Å². The molecule has 2 aliphatic rings. The van der Waals surface area contributed by atoms with Gasteiger partial charge in [0.2, 0.25) is 5.95 Å². The predicted octanol–water partition coefficient (Wildman–Crippen LogP) is 3.19. The largest absolute Gasteiger partial charge is 0.377 e. The van der Waals surface area contributed by atoms with E-state index in [1.165, 1.54) is 25.7 Å². The lowest BCUT2D eigenvalue weighted by molar-refractivity contribution is 0.105. The van der Waals surface area contributed by atoms with Gasteiger partial charge in [0, 0.05) is 44.7 Å². The molecule has 6 heteroatoms. The number of anilines is 2. The Labute approximate surface area is 161 Å². The molecular formula is C21H31N5O. The molecule has 1 saturated heterocycles. The van der Waals surface area contributed by atoms with Crippen LogP contribution in [0.2, 0.25) is 0 Å². The first-order valence-electron chi connectivity index (χ1n) is 10.2. The molecule has 1 unspecified atom stereocenters. The highest BCUT2D eigenvalue weighted by Gasteiger charge is 2.23. The number of fused-ring (bicyclic) bond motifs is 1. The average Bonchev–Trinajstić information content (AvgIpc) is 3.20. The number of benzene rings is 1. The van der Waals surface area contributed by atoms with Crippen LogP contribution in [0.4, 0.5) is 11.8 Å². The summed E-state index contributed by atoms with van der Waals surface area (Å²) in [4.78, 5) is 11.6. The number of ether oxygens (including phenoxy) is 1. The Balaban J connectivity index is 1.34. The van der Waals surface area contributed by atoms with E-state index < -0.39 is 0 Å². The van der Waals surface area contributed by atoms with Crippen LogP contribution in [0, 0.1) is 0 Å². The molecular weight excluding hydrogens is 338 g/mol. The summed E-state index contributed by atoms with van der Waals surface area (Å²) in [7, 11) is 4.06. The lowest BCUT2D eigenvalue weighted by Gasteiger charge is -2.30. The fourth-order valence-electron chi connectivity index (χ4n) is 4.19. The van der Waals surface area contributed by atoms with Crippen LogP contribution in [0.3, 0.4) is 0 Å². The SMILES string of the molecule is CN(C)c1nc(N[C@H]2CC[C@@H](NCC3CCCO3)CC2)nc2ccccc12. The molecule has 0 bridgehead atoms. The van der Waals surface area contributed by atoms with Crippen LogP contribution in [0.1, 0.15) is 38.5 Å². The summed E-state index contributed by atoms with van der Waals surface area (Å²) in [6, 6.07) is 9.27. The summed E-state index contributed by atoms with van der Waals surface area (Å²) in [5.41, 5.74) is 0.991. The number of para-hydroxylation sites is 1. The molecule has 27 heavy (non-hydrogen) atoms. The topological polar surface area (TPSA) is 62.3 Å². The summed E-state index contributed by atoms with van der Waals surface area (Å²) in [5, 5.41) is 8.38. The highest BCUT2D eigenvalue weighted by Crippen LogP contribution is 2.26. The quantitative estimate of drug-likeness (QED) is 0.815. The van der Waals surface area contributed by atoms with Crippen LogP contribution < -0.4 is 15.5 Å². The highest BCUT2D eigenvalue weighted by molar-refractivity contribution is 5.90. The van der Waals surface area contributed by atoms with E-state index in [-0.39, 0.29) is 0 Å². The fourth-order valence-corrected chi connectivity index (χ4v) is 4.19. The summed E-state index contributed by atoms with van der Waals surface area (Å²) in [6.07, 6.45) is 7.53. The number of nitrogens with one attached hydrogen (secondary N) is 2. The number of rotatable bonds is 6. The van der Waals surface area contributed by atoms with Crippen molar-refractivity contribution >= 4 is 22.7 Å². The zero-order chi connectivity index (χ0) is 18.6. The van der Waals surface area contributed by atoms with E-state index in [4.69, 9.17) is 14.7 Å². The minimum atomic E-state index is 0.427. The van der Waals surface area contributed by atoms with Gasteiger partial charge in [-0.1, -0.05) is 12.1 Å². The molecule has 1 aromatic heterocycles. The molecule has 1 atom stereocenters. The summed E-state index contributed by atoms with van der Waals surface area (Å²) >= 11 is 0. The van der Waals surface area contributed by atoms with Crippen LogP contribution in [0.25, 0.3) is 10.9 Å². The van der Waals surface area contributed by atoms with Gasteiger partial charge in [-0.3, -0.25) is 0 Å². The van der Waals surface area contributed by atoms with E-state index in [0.717, 1.165) is 48.7 Å². The average molecular weight is 370 g/mol. The minimum absolute atomic E-state index is 0.427. The van der Waals surface area contributed by atoms with Crippen molar-refractivity contribution in [2.24, 2.45) is 0 Å². The molecule has 0 amide bonds. The molecule has 6 nitrogen and oxygen atoms in total. The summed E-state index contributed by atoms with van der Waals surface area (Å²) < 4.78 is 5.71. The molecule has 1 saturated carbocycles. The van der Waals surface area contributed by atoms with E-state index in [9.17, 15) is 0 Å². The Kier molecular flexibility index (Phi) is 5.74. The lowest BCUT2D eigenvalue weighted by Crippen LogP contribution is -2.40. The van der Waals surface area contributed by atoms with E-state index >= 15 is 0 Å². The van der Waals surface area contributed by atoms with Gasteiger partial charge in [-0.25, -0.2) is 4.98 Å². The first-order chi connectivity index (χ1) is 13.2. The van der Waals surface area contributed by atoms with Gasteiger partial charge in [0.15, 0.2) is 0 Å². The van der Waals surface area contributed by atoms with Crippen molar-refractivity contribution in [1.82, 2.24) is 15.3 Å². The van der Waals surface area contributed by atoms with Gasteiger partial charge in [-0.2, -0.15) is 4.98 Å². The fraction of sp³-hybridized carbons (Fsp3) is 0.619. The van der Waals surface area contributed by atoms with Crippen molar-refractivity contribution in [1.29, 1.82) is 0 Å². The standard InChI is InChI=1S/C21H31N5O/c1-26(2)20-18-7-3-4-8-19(18)24-21(25-20)23-16-11-9-15(10-12-16)22-14-17-6-5-13-27-17/h3-4,7-8,15-17,22H,5-6,9-14H2,1-2H3,(H,23,24,25)/t15-,16+,17?. The molecule has 2 fully saturated rings. The molecule has 0 radical (unpaired) electrons. The van der Waals surface area contributed by atoms with Crippen molar-refractivity contribution in [3.05, 3.63) is 24.3 Å². The first kappa shape index (κ1) is 18.4. The molecule has 2 N–H and O–H groups in total. The van der Waals surface area contributed by atoms with Crippen LogP contribution in [-0.2, 0) is 4.74 Å². The molecule has 2 aromatic rings. The second kappa shape index (κ2) is 8.40. The number of hydrogen-bond donors (Lipinski definition) is 2. The normalized spacial score (nSPS) is 25.6. The molecule has 4 rings (SSSR count). The van der Waals surface area contributed by atoms with E-state index in [2.05, 4.69) is 27.7 Å². The first-order valence-corrected chi connectivity index (χ1v) is 10.2. The highest BCUT2D eigenvalue weighted by atomic mass is 16.5. The van der Waals surface area contributed by atoms with E-state index in [1.54, 1.807) is 0 Å². The zero-order valence-electron chi connectivity index (χ0n) is 16.4. The molecule has 1 aliphatic carbocycles. The Hall–Kier alpha value is -1.92. The van der Waals surface area contributed by atoms with E-state index in [1.807, 2.05) is 26.2 Å². The lowest BCUT2D eigenvalue weighted by atomic mass is 9.91. The van der Waals surface area contributed by atoms with Crippen molar-refractivity contribution < 1.29 is 4.74 Å². The van der Waals surface area contributed by atoms with Crippen LogP contribution in [-0.4, -0.2) is 55.4 Å². The predicted molar refractivity (Wildman–Crippen MR) is 111 cm³/mol. The Morgan fingerprint density at radius 3 is 2.56 bits per heavy atom. The monoisotopic (exact) mass is 369 g/mol. The van der Waals surface area contributed by atoms with Crippen molar-refractivity contribution in [3.63, 3.8) is 0 Å². The Morgan fingerprint density at radius 1 is 1.04 bits per heavy atom. The second-order valence-electron chi connectivity index (χ2n) is 8.02. The number of nitrogens with zero attached hydrogens (tertiary/aromatic N) is 3. The number of aromatic nitrogens is 2. The van der Waals surface area contributed by atoms with Crippen LogP contribution >= 0.6 is 0 Å². The number of hydrogen-bond acceptors (Lipinski definition) is 6. The Bertz CT molecular complexity index is 751. The minimum Gasteiger partial charge on any atom is -0.377 e. The third-order valence-corrected chi connectivity index (χ3v) is 5.73. The molecule has 2 heterocycles. The summed E-state index contributed by atoms with van der Waals surface area (Å²) in [5.74, 6) is 1.71. The third kappa shape index (κ3) is 4.50. The summed E-state index contributed by atoms with van der Waals surface area (Å²) in [6.45, 7) is 1.94. The van der Waals surface area contributed by atoms with Gasteiger partial charge in [0.25, 0.3) is 0 Å². The van der Waals surface area contributed by atoms with Crippen LogP contribution in [0.15, 0.2) is 24.3 Å². The second-order valence-corrected chi connectivity index (χ2v) is 8.02. The van der Waals surface area contributed by atoms with Crippen molar-refractivity contribution in [3.8, 4) is 0 Å². The maximum absolute atomic E-state index is 5.71. The zero-order valence-corrected chi connectivity index (χ0v) is 16.4. The molecule has 0 spiro atoms. The molecule has 1 aliphatic heterocycles. The maximum Gasteiger partial charge on any atom is 0.225 e. The van der Waals surface area contributed by atoms with Crippen LogP contribution in [0.5, 0.6) is 0 Å². The Morgan fingerprint density at radius 2 is 1.81 bits per heavy atom. The smallest absolute Gasteiger partial charge is 0.225 e. The maximum atomic E-state index is 5.71. The van der Waals surface area contributed by atoms with E-state index in [0.29, 0.717) is 18.2 Å². The van der Waals surface area contributed by atoms with Crippen molar-refractivity contribution in [2.75, 3.05) is 37.5 Å². The third-order valence-electron chi connectivity index (χ3n) is 5.73. The van der Waals surface area contributed by atoms with Gasteiger partial charge in [0.05, 0.1) is 11.6 Å². The van der Waals surface area contributed by atoms with Gasteiger partial charge in [-0.05, 0) is 50.7 Å².